The van der Waals surface area contributed by atoms with Gasteiger partial charge in [0.05, 0.1) is 12.0 Å². The van der Waals surface area contributed by atoms with Crippen LogP contribution in [0.25, 0.3) is 0 Å². The fourth-order valence-corrected chi connectivity index (χ4v) is 4.78. The summed E-state index contributed by atoms with van der Waals surface area (Å²) in [6, 6.07) is 9.16. The van der Waals surface area contributed by atoms with Crippen LogP contribution in [0.1, 0.15) is 66.3 Å². The average molecular weight is 531 g/mol. The molecule has 0 saturated heterocycles. The number of hydrogen-bond acceptors (Lipinski definition) is 3. The Balaban J connectivity index is 0.000000976. The number of allylic oxidation sites excluding steroid dienone is 5. The molecular weight excluding hydrogens is 484 g/mol. The number of amides is 2. The van der Waals surface area contributed by atoms with E-state index >= 15 is 0 Å². The molecule has 2 unspecified atom stereocenters. The van der Waals surface area contributed by atoms with Crippen LogP contribution in [0.5, 0.6) is 0 Å². The Hall–Kier alpha value is -3.64. The molecular formula is C33H46N4O2. The Morgan fingerprint density at radius 2 is 1.92 bits per heavy atom. The van der Waals surface area contributed by atoms with Gasteiger partial charge in [0.2, 0.25) is 5.91 Å². The minimum atomic E-state index is -0.479. The summed E-state index contributed by atoms with van der Waals surface area (Å²) in [4.78, 5) is 30.6. The summed E-state index contributed by atoms with van der Waals surface area (Å²) in [5, 5.41) is 3.14. The van der Waals surface area contributed by atoms with E-state index in [0.29, 0.717) is 18.7 Å². The van der Waals surface area contributed by atoms with Crippen LogP contribution in [-0.4, -0.2) is 59.9 Å². The molecule has 6 heteroatoms. The molecule has 0 aliphatic carbocycles. The van der Waals surface area contributed by atoms with Gasteiger partial charge < -0.3 is 19.7 Å². The van der Waals surface area contributed by atoms with Crippen LogP contribution in [0.15, 0.2) is 85.1 Å². The Morgan fingerprint density at radius 1 is 1.21 bits per heavy atom. The topological polar surface area (TPSA) is 57.6 Å². The molecule has 2 atom stereocenters. The average Bonchev–Trinajstić information content (AvgIpc) is 3.26. The highest BCUT2D eigenvalue weighted by Gasteiger charge is 2.42. The van der Waals surface area contributed by atoms with Crippen molar-refractivity contribution in [1.82, 2.24) is 19.7 Å². The third-order valence-corrected chi connectivity index (χ3v) is 7.01. The molecule has 39 heavy (non-hydrogen) atoms. The number of hydrogen-bond donors (Lipinski definition) is 1. The number of aryl methyl sites for hydroxylation is 2. The van der Waals surface area contributed by atoms with Gasteiger partial charge in [-0.15, -0.1) is 0 Å². The molecule has 0 fully saturated rings. The normalized spacial score (nSPS) is 17.4. The fourth-order valence-electron chi connectivity index (χ4n) is 4.78. The number of likely N-dealkylation sites (N-methyl/N-ethyl adjacent to an activating group) is 2. The SMILES string of the molecule is C/C=C\CC.C=C/C=C\C(=C/C)CN(C)CCNC(=O)C1c2ccccc2C(=O)N(C)C1c1cc(C)n(C)c1. The molecule has 1 N–H and O–H groups in total. The maximum atomic E-state index is 13.6. The van der Waals surface area contributed by atoms with Gasteiger partial charge in [0, 0.05) is 51.2 Å². The molecule has 6 nitrogen and oxygen atoms in total. The molecule has 0 radical (unpaired) electrons. The number of carbonyl (C=O) groups excluding carboxylic acids is 2. The van der Waals surface area contributed by atoms with Crippen LogP contribution in [0.2, 0.25) is 0 Å². The third-order valence-electron chi connectivity index (χ3n) is 7.01. The van der Waals surface area contributed by atoms with E-state index in [4.69, 9.17) is 0 Å². The van der Waals surface area contributed by atoms with Gasteiger partial charge in [-0.05, 0) is 63.1 Å². The van der Waals surface area contributed by atoms with E-state index in [1.807, 2.05) is 82.0 Å². The Morgan fingerprint density at radius 3 is 2.49 bits per heavy atom. The first-order valence-electron chi connectivity index (χ1n) is 13.7. The van der Waals surface area contributed by atoms with Gasteiger partial charge in [-0.2, -0.15) is 0 Å². The summed E-state index contributed by atoms with van der Waals surface area (Å²) >= 11 is 0. The quantitative estimate of drug-likeness (QED) is 0.305. The van der Waals surface area contributed by atoms with Crippen molar-refractivity contribution in [3.8, 4) is 0 Å². The lowest BCUT2D eigenvalue weighted by molar-refractivity contribution is -0.124. The smallest absolute Gasteiger partial charge is 0.254 e. The Bertz CT molecular complexity index is 1180. The summed E-state index contributed by atoms with van der Waals surface area (Å²) < 4.78 is 2.03. The van der Waals surface area contributed by atoms with Crippen molar-refractivity contribution in [1.29, 1.82) is 0 Å². The minimum Gasteiger partial charge on any atom is -0.354 e. The van der Waals surface area contributed by atoms with Gasteiger partial charge in [0.15, 0.2) is 0 Å². The van der Waals surface area contributed by atoms with Crippen LogP contribution in [0.3, 0.4) is 0 Å². The highest BCUT2D eigenvalue weighted by molar-refractivity contribution is 6.01. The van der Waals surface area contributed by atoms with E-state index in [1.54, 1.807) is 18.0 Å². The number of rotatable bonds is 10. The number of carbonyl (C=O) groups is 2. The monoisotopic (exact) mass is 530 g/mol. The first-order valence-corrected chi connectivity index (χ1v) is 13.7. The molecule has 2 heterocycles. The van der Waals surface area contributed by atoms with Crippen molar-refractivity contribution in [3.63, 3.8) is 0 Å². The van der Waals surface area contributed by atoms with Gasteiger partial charge in [0.25, 0.3) is 5.91 Å². The van der Waals surface area contributed by atoms with Crippen molar-refractivity contribution in [2.45, 2.75) is 46.1 Å². The Kier molecular flexibility index (Phi) is 12.7. The molecule has 1 aliphatic heterocycles. The van der Waals surface area contributed by atoms with E-state index in [0.717, 1.165) is 29.8 Å². The van der Waals surface area contributed by atoms with Crippen molar-refractivity contribution >= 4 is 11.8 Å². The van der Waals surface area contributed by atoms with Crippen LogP contribution in [0, 0.1) is 6.92 Å². The van der Waals surface area contributed by atoms with Crippen molar-refractivity contribution < 1.29 is 9.59 Å². The second kappa shape index (κ2) is 15.7. The van der Waals surface area contributed by atoms with Crippen LogP contribution in [0.4, 0.5) is 0 Å². The number of nitrogens with one attached hydrogen (secondary N) is 1. The van der Waals surface area contributed by atoms with Gasteiger partial charge in [0.1, 0.15) is 0 Å². The largest absolute Gasteiger partial charge is 0.354 e. The van der Waals surface area contributed by atoms with E-state index in [2.05, 4.69) is 48.0 Å². The number of benzene rings is 1. The summed E-state index contributed by atoms with van der Waals surface area (Å²) in [5.41, 5.74) is 4.62. The molecule has 0 bridgehead atoms. The van der Waals surface area contributed by atoms with Crippen molar-refractivity contribution in [3.05, 3.63) is 108 Å². The van der Waals surface area contributed by atoms with Gasteiger partial charge in [-0.3, -0.25) is 9.59 Å². The van der Waals surface area contributed by atoms with Gasteiger partial charge in [-0.25, -0.2) is 0 Å². The number of fused-ring (bicyclic) bond motifs is 1. The Labute approximate surface area is 235 Å². The maximum Gasteiger partial charge on any atom is 0.254 e. The van der Waals surface area contributed by atoms with Crippen LogP contribution in [-0.2, 0) is 11.8 Å². The molecule has 1 aromatic heterocycles. The summed E-state index contributed by atoms with van der Waals surface area (Å²) in [6.45, 7) is 13.9. The molecule has 0 saturated carbocycles. The molecule has 2 amide bonds. The predicted molar refractivity (Wildman–Crippen MR) is 163 cm³/mol. The molecule has 1 aliphatic rings. The zero-order valence-corrected chi connectivity index (χ0v) is 24.8. The summed E-state index contributed by atoms with van der Waals surface area (Å²) in [5.74, 6) is -0.602. The minimum absolute atomic E-state index is 0.0580. The highest BCUT2D eigenvalue weighted by Crippen LogP contribution is 2.42. The van der Waals surface area contributed by atoms with Crippen LogP contribution >= 0.6 is 0 Å². The predicted octanol–water partition coefficient (Wildman–Crippen LogP) is 5.95. The van der Waals surface area contributed by atoms with Crippen molar-refractivity contribution in [2.24, 2.45) is 7.05 Å². The standard InChI is InChI=1S/C28H36N4O2.C5H10/c1-7-9-12-21(8-2)18-30(4)16-15-29-27(33)25-23-13-10-11-14-24(23)28(34)32(6)26(25)22-17-20(3)31(5)19-22;1-3-5-4-2/h7-14,17,19,25-26H,1,15-16,18H2,2-6H3,(H,29,33);3,5H,4H2,1-2H3/b12-9-,21-8+;5-3-. The molecule has 3 rings (SSSR count). The zero-order chi connectivity index (χ0) is 28.9. The van der Waals surface area contributed by atoms with Crippen molar-refractivity contribution in [2.75, 3.05) is 33.7 Å². The lowest BCUT2D eigenvalue weighted by atomic mass is 9.80. The fraction of sp³-hybridized carbons (Fsp3) is 0.394. The third kappa shape index (κ3) is 8.42. The lowest BCUT2D eigenvalue weighted by Gasteiger charge is -2.39. The van der Waals surface area contributed by atoms with Gasteiger partial charge in [-0.1, -0.05) is 68.2 Å². The first-order chi connectivity index (χ1) is 18.7. The van der Waals surface area contributed by atoms with Gasteiger partial charge >= 0.3 is 0 Å². The number of nitrogens with zero attached hydrogens (tertiary/aromatic N) is 3. The van der Waals surface area contributed by atoms with Crippen LogP contribution < -0.4 is 5.32 Å². The first kappa shape index (κ1) is 31.6. The second-order valence-corrected chi connectivity index (χ2v) is 9.92. The molecule has 210 valence electrons. The van der Waals surface area contributed by atoms with E-state index in [9.17, 15) is 9.59 Å². The molecule has 2 aromatic rings. The maximum absolute atomic E-state index is 13.6. The van der Waals surface area contributed by atoms with E-state index in [-0.39, 0.29) is 17.9 Å². The highest BCUT2D eigenvalue weighted by atomic mass is 16.2. The summed E-state index contributed by atoms with van der Waals surface area (Å²) in [7, 11) is 5.80. The van der Waals surface area contributed by atoms with E-state index < -0.39 is 5.92 Å². The van der Waals surface area contributed by atoms with E-state index in [1.165, 1.54) is 5.57 Å². The second-order valence-electron chi connectivity index (χ2n) is 9.92. The zero-order valence-electron chi connectivity index (χ0n) is 24.8. The number of aromatic nitrogens is 1. The molecule has 1 aromatic carbocycles. The molecule has 0 spiro atoms. The lowest BCUT2D eigenvalue weighted by Crippen LogP contribution is -2.46. The summed E-state index contributed by atoms with van der Waals surface area (Å²) in [6.07, 6.45) is 15.2.